The van der Waals surface area contributed by atoms with E-state index in [4.69, 9.17) is 10.5 Å². The molecule has 0 aliphatic carbocycles. The Morgan fingerprint density at radius 2 is 2.07 bits per heavy atom. The zero-order valence-corrected chi connectivity index (χ0v) is 9.37. The van der Waals surface area contributed by atoms with Crippen molar-refractivity contribution in [3.05, 3.63) is 0 Å². The van der Waals surface area contributed by atoms with Gasteiger partial charge in [0, 0.05) is 13.2 Å². The molecular weight excluding hydrogens is 198 g/mol. The normalized spacial score (nSPS) is 14.3. The summed E-state index contributed by atoms with van der Waals surface area (Å²) in [6, 6.07) is -1.23. The number of methoxy groups -OCH3 is 1. The van der Waals surface area contributed by atoms with E-state index >= 15 is 0 Å². The topological polar surface area (TPSA) is 93.4 Å². The molecule has 0 aromatic carbocycles. The minimum Gasteiger partial charge on any atom is -0.383 e. The van der Waals surface area contributed by atoms with Gasteiger partial charge in [-0.15, -0.1) is 0 Å². The van der Waals surface area contributed by atoms with E-state index in [0.717, 1.165) is 6.42 Å². The Labute approximate surface area is 89.5 Å². The second-order valence-corrected chi connectivity index (χ2v) is 3.30. The van der Waals surface area contributed by atoms with Crippen LogP contribution < -0.4 is 16.4 Å². The van der Waals surface area contributed by atoms with Crippen LogP contribution in [-0.4, -0.2) is 37.7 Å². The number of carbonyl (C=O) groups excluding carboxylic acids is 2. The van der Waals surface area contributed by atoms with Crippen LogP contribution >= 0.6 is 0 Å². The Kier molecular flexibility index (Phi) is 6.64. The average Bonchev–Trinajstić information content (AvgIpc) is 2.15. The Morgan fingerprint density at radius 3 is 2.47 bits per heavy atom. The van der Waals surface area contributed by atoms with E-state index in [1.807, 2.05) is 12.2 Å². The molecular formula is C9H19N3O3. The van der Waals surface area contributed by atoms with Gasteiger partial charge in [0.1, 0.15) is 0 Å². The van der Waals surface area contributed by atoms with Gasteiger partial charge in [0.2, 0.25) is 5.91 Å². The number of nitrogens with one attached hydrogen (secondary N) is 2. The van der Waals surface area contributed by atoms with Crippen LogP contribution in [0, 0.1) is 0 Å². The second kappa shape index (κ2) is 7.19. The van der Waals surface area contributed by atoms with Crippen LogP contribution in [0.1, 0.15) is 20.3 Å². The highest BCUT2D eigenvalue weighted by atomic mass is 16.5. The second-order valence-electron chi connectivity index (χ2n) is 3.30. The zero-order chi connectivity index (χ0) is 11.8. The molecule has 0 saturated carbocycles. The lowest BCUT2D eigenvalue weighted by Crippen LogP contribution is -2.50. The number of nitrogens with two attached hydrogens (primary N) is 1. The third-order valence-corrected chi connectivity index (χ3v) is 1.99. The van der Waals surface area contributed by atoms with Crippen molar-refractivity contribution in [3.8, 4) is 0 Å². The van der Waals surface area contributed by atoms with Crippen molar-refractivity contribution in [3.63, 3.8) is 0 Å². The molecule has 3 amide bonds. The van der Waals surface area contributed by atoms with Crippen molar-refractivity contribution in [1.82, 2.24) is 10.6 Å². The predicted molar refractivity (Wildman–Crippen MR) is 56.3 cm³/mol. The van der Waals surface area contributed by atoms with E-state index in [0.29, 0.717) is 6.61 Å². The fourth-order valence-corrected chi connectivity index (χ4v) is 1.14. The highest BCUT2D eigenvalue weighted by Gasteiger charge is 2.17. The minimum atomic E-state index is -0.839. The summed E-state index contributed by atoms with van der Waals surface area (Å²) in [4.78, 5) is 21.7. The zero-order valence-electron chi connectivity index (χ0n) is 9.37. The third-order valence-electron chi connectivity index (χ3n) is 1.99. The van der Waals surface area contributed by atoms with Crippen LogP contribution in [0.4, 0.5) is 4.79 Å². The summed E-state index contributed by atoms with van der Waals surface area (Å²) in [5.74, 6) is -0.433. The van der Waals surface area contributed by atoms with Crippen molar-refractivity contribution >= 4 is 11.9 Å². The highest BCUT2D eigenvalue weighted by molar-refractivity contribution is 5.96. The molecule has 0 fully saturated rings. The summed E-state index contributed by atoms with van der Waals surface area (Å²) >= 11 is 0. The van der Waals surface area contributed by atoms with Gasteiger partial charge in [-0.3, -0.25) is 10.1 Å². The third kappa shape index (κ3) is 6.03. The molecule has 0 aromatic rings. The highest BCUT2D eigenvalue weighted by Crippen LogP contribution is 1.94. The smallest absolute Gasteiger partial charge is 0.318 e. The molecule has 2 unspecified atom stereocenters. The number of hydrogen-bond acceptors (Lipinski definition) is 4. The summed E-state index contributed by atoms with van der Waals surface area (Å²) in [5.41, 5.74) is 4.83. The quantitative estimate of drug-likeness (QED) is 0.563. The fraction of sp³-hybridized carbons (Fsp3) is 0.778. The summed E-state index contributed by atoms with van der Waals surface area (Å²) in [6.45, 7) is 4.16. The van der Waals surface area contributed by atoms with Crippen molar-refractivity contribution < 1.29 is 14.3 Å². The Bertz CT molecular complexity index is 221. The first-order valence-corrected chi connectivity index (χ1v) is 4.86. The standard InChI is InChI=1S/C9H19N3O3/c1-4-7(5-15-3)11-6(2)8(13)12-9(10)14/h6-7,11H,4-5H2,1-3H3,(H3,10,12,13,14). The van der Waals surface area contributed by atoms with E-state index in [-0.39, 0.29) is 6.04 Å². The first-order valence-electron chi connectivity index (χ1n) is 4.86. The first kappa shape index (κ1) is 13.9. The molecule has 4 N–H and O–H groups in total. The van der Waals surface area contributed by atoms with Crippen molar-refractivity contribution in [2.24, 2.45) is 5.73 Å². The van der Waals surface area contributed by atoms with Crippen LogP contribution in [0.3, 0.4) is 0 Å². The van der Waals surface area contributed by atoms with Gasteiger partial charge >= 0.3 is 6.03 Å². The molecule has 15 heavy (non-hydrogen) atoms. The maximum Gasteiger partial charge on any atom is 0.318 e. The summed E-state index contributed by atoms with van der Waals surface area (Å²) in [6.07, 6.45) is 0.835. The SMILES string of the molecule is CCC(COC)NC(C)C(=O)NC(N)=O. The van der Waals surface area contributed by atoms with Gasteiger partial charge in [-0.2, -0.15) is 0 Å². The predicted octanol–water partition coefficient (Wildman–Crippen LogP) is -0.416. The van der Waals surface area contributed by atoms with Gasteiger partial charge in [0.25, 0.3) is 0 Å². The molecule has 0 aliphatic heterocycles. The summed E-state index contributed by atoms with van der Waals surface area (Å²) in [5, 5.41) is 5.04. The number of carbonyl (C=O) groups is 2. The molecule has 0 aromatic heterocycles. The lowest BCUT2D eigenvalue weighted by Gasteiger charge is -2.20. The van der Waals surface area contributed by atoms with Crippen LogP contribution in [0.25, 0.3) is 0 Å². The maximum absolute atomic E-state index is 11.3. The number of ether oxygens (including phenoxy) is 1. The largest absolute Gasteiger partial charge is 0.383 e. The van der Waals surface area contributed by atoms with Crippen LogP contribution in [0.2, 0.25) is 0 Å². The molecule has 0 bridgehead atoms. The maximum atomic E-state index is 11.3. The van der Waals surface area contributed by atoms with E-state index in [2.05, 4.69) is 5.32 Å². The van der Waals surface area contributed by atoms with Gasteiger partial charge in [0.15, 0.2) is 0 Å². The Hall–Kier alpha value is -1.14. The van der Waals surface area contributed by atoms with Gasteiger partial charge in [0.05, 0.1) is 12.6 Å². The molecule has 0 rings (SSSR count). The van der Waals surface area contributed by atoms with E-state index in [9.17, 15) is 9.59 Å². The number of urea groups is 1. The Morgan fingerprint density at radius 1 is 1.47 bits per heavy atom. The molecule has 0 radical (unpaired) electrons. The summed E-state index contributed by atoms with van der Waals surface area (Å²) in [7, 11) is 1.60. The number of hydrogen-bond donors (Lipinski definition) is 3. The molecule has 6 heteroatoms. The van der Waals surface area contributed by atoms with Gasteiger partial charge in [-0.05, 0) is 13.3 Å². The lowest BCUT2D eigenvalue weighted by molar-refractivity contribution is -0.121. The van der Waals surface area contributed by atoms with Gasteiger partial charge in [-0.1, -0.05) is 6.92 Å². The minimum absolute atomic E-state index is 0.0867. The van der Waals surface area contributed by atoms with Crippen molar-refractivity contribution in [1.29, 1.82) is 0 Å². The molecule has 6 nitrogen and oxygen atoms in total. The molecule has 0 heterocycles. The van der Waals surface area contributed by atoms with E-state index in [1.54, 1.807) is 14.0 Å². The van der Waals surface area contributed by atoms with E-state index in [1.165, 1.54) is 0 Å². The molecule has 0 aliphatic rings. The number of rotatable bonds is 6. The van der Waals surface area contributed by atoms with Gasteiger partial charge in [-0.25, -0.2) is 4.79 Å². The van der Waals surface area contributed by atoms with E-state index < -0.39 is 18.0 Å². The molecule has 88 valence electrons. The molecule has 0 spiro atoms. The number of imide groups is 1. The molecule has 0 saturated heterocycles. The van der Waals surface area contributed by atoms with Crippen LogP contribution in [-0.2, 0) is 9.53 Å². The lowest BCUT2D eigenvalue weighted by atomic mass is 10.2. The monoisotopic (exact) mass is 217 g/mol. The average molecular weight is 217 g/mol. The van der Waals surface area contributed by atoms with Gasteiger partial charge < -0.3 is 15.8 Å². The first-order chi connectivity index (χ1) is 7.01. The van der Waals surface area contributed by atoms with Crippen molar-refractivity contribution in [2.75, 3.05) is 13.7 Å². The number of amides is 3. The van der Waals surface area contributed by atoms with Crippen LogP contribution in [0.5, 0.6) is 0 Å². The number of primary amides is 1. The Balaban J connectivity index is 4.03. The van der Waals surface area contributed by atoms with Crippen molar-refractivity contribution in [2.45, 2.75) is 32.4 Å². The van der Waals surface area contributed by atoms with Crippen LogP contribution in [0.15, 0.2) is 0 Å². The fourth-order valence-electron chi connectivity index (χ4n) is 1.14. The molecule has 2 atom stereocenters. The summed E-state index contributed by atoms with van der Waals surface area (Å²) < 4.78 is 4.97.